The maximum Gasteiger partial charge on any atom is 0.471 e. The summed E-state index contributed by atoms with van der Waals surface area (Å²) in [6.45, 7) is 0.636. The number of nitrogens with zero attached hydrogens (tertiary/aromatic N) is 7. The fourth-order valence-corrected chi connectivity index (χ4v) is 4.44. The van der Waals surface area contributed by atoms with Crippen LogP contribution in [0.5, 0.6) is 0 Å². The zero-order valence-corrected chi connectivity index (χ0v) is 15.5. The summed E-state index contributed by atoms with van der Waals surface area (Å²) in [6.07, 6.45) is 3.23. The second-order valence-electron chi connectivity index (χ2n) is 7.55. The second kappa shape index (κ2) is 6.19. The van der Waals surface area contributed by atoms with Crippen LogP contribution in [0.1, 0.15) is 12.8 Å². The number of anilines is 1. The molecule has 2 aliphatic rings. The molecule has 0 spiro atoms. The molecular formula is C18H18F3N7O. The second-order valence-corrected chi connectivity index (χ2v) is 7.55. The fourth-order valence-electron chi connectivity index (χ4n) is 4.44. The maximum absolute atomic E-state index is 13.0. The van der Waals surface area contributed by atoms with E-state index in [1.807, 2.05) is 30.4 Å². The number of alkyl halides is 3. The van der Waals surface area contributed by atoms with E-state index in [0.29, 0.717) is 31.7 Å². The number of rotatable bonds is 2. The summed E-state index contributed by atoms with van der Waals surface area (Å²) >= 11 is 0. The molecule has 2 atom stereocenters. The average Bonchev–Trinajstić information content (AvgIpc) is 3.35. The van der Waals surface area contributed by atoms with Crippen LogP contribution in [0, 0.1) is 0 Å². The predicted octanol–water partition coefficient (Wildman–Crippen LogP) is 1.87. The number of aromatic nitrogens is 5. The lowest BCUT2D eigenvalue weighted by molar-refractivity contribution is -0.188. The number of carbonyl (C=O) groups is 1. The average molecular weight is 405 g/mol. The van der Waals surface area contributed by atoms with Crippen molar-refractivity contribution in [2.75, 3.05) is 18.0 Å². The lowest BCUT2D eigenvalue weighted by Crippen LogP contribution is -2.59. The van der Waals surface area contributed by atoms with Gasteiger partial charge in [0.05, 0.1) is 18.3 Å². The monoisotopic (exact) mass is 405 g/mol. The quantitative estimate of drug-likeness (QED) is 0.651. The molecular weight excluding hydrogens is 387 g/mol. The summed E-state index contributed by atoms with van der Waals surface area (Å²) in [5, 5.41) is 8.44. The minimum Gasteiger partial charge on any atom is -0.351 e. The molecule has 8 nitrogen and oxygen atoms in total. The van der Waals surface area contributed by atoms with E-state index < -0.39 is 24.2 Å². The van der Waals surface area contributed by atoms with E-state index >= 15 is 0 Å². The number of carbonyl (C=O) groups excluding carboxylic acids is 1. The lowest BCUT2D eigenvalue weighted by Gasteiger charge is -2.41. The standard InChI is InChI=1S/C18H18F3N7O/c1-25-6-12(5-23-25)11-4-15-16(22-10-24-27(15)7-11)26-8-13-2-3-14(9-26)28(13)17(29)18(19,20)21/h4-7,10,13-14H,2-3,8-9H2,1H3. The number of hydrogen-bond acceptors (Lipinski definition) is 5. The molecule has 2 unspecified atom stereocenters. The van der Waals surface area contributed by atoms with Crippen LogP contribution in [-0.2, 0) is 11.8 Å². The molecule has 2 saturated heterocycles. The summed E-state index contributed by atoms with van der Waals surface area (Å²) in [4.78, 5) is 19.2. The molecule has 0 N–H and O–H groups in total. The number of halogens is 3. The van der Waals surface area contributed by atoms with Gasteiger partial charge in [-0.2, -0.15) is 23.4 Å². The van der Waals surface area contributed by atoms with Crippen LogP contribution in [-0.4, -0.2) is 66.5 Å². The summed E-state index contributed by atoms with van der Waals surface area (Å²) < 4.78 is 42.3. The topological polar surface area (TPSA) is 71.6 Å². The Balaban J connectivity index is 1.47. The van der Waals surface area contributed by atoms with Crippen molar-refractivity contribution in [1.82, 2.24) is 29.3 Å². The first-order chi connectivity index (χ1) is 13.8. The van der Waals surface area contributed by atoms with Crippen molar-refractivity contribution in [2.24, 2.45) is 7.05 Å². The van der Waals surface area contributed by atoms with Crippen LogP contribution < -0.4 is 4.90 Å². The van der Waals surface area contributed by atoms with Crippen molar-refractivity contribution in [3.05, 3.63) is 31.0 Å². The van der Waals surface area contributed by atoms with E-state index in [1.54, 1.807) is 15.4 Å². The van der Waals surface area contributed by atoms with Crippen molar-refractivity contribution in [3.63, 3.8) is 0 Å². The molecule has 0 aromatic carbocycles. The Bertz CT molecular complexity index is 1070. The molecule has 3 aromatic heterocycles. The van der Waals surface area contributed by atoms with Gasteiger partial charge < -0.3 is 9.80 Å². The van der Waals surface area contributed by atoms with Gasteiger partial charge in [0, 0.05) is 43.7 Å². The summed E-state index contributed by atoms with van der Waals surface area (Å²) in [7, 11) is 1.84. The molecule has 0 radical (unpaired) electrons. The predicted molar refractivity (Wildman–Crippen MR) is 97.1 cm³/mol. The van der Waals surface area contributed by atoms with Gasteiger partial charge in [0.15, 0.2) is 5.82 Å². The zero-order chi connectivity index (χ0) is 20.3. The number of amides is 1. The first kappa shape index (κ1) is 18.0. The van der Waals surface area contributed by atoms with Gasteiger partial charge in [0.1, 0.15) is 11.8 Å². The third-order valence-corrected chi connectivity index (χ3v) is 5.68. The van der Waals surface area contributed by atoms with Crippen molar-refractivity contribution < 1.29 is 18.0 Å². The van der Waals surface area contributed by atoms with E-state index in [9.17, 15) is 18.0 Å². The van der Waals surface area contributed by atoms with Gasteiger partial charge in [0.2, 0.25) is 0 Å². The smallest absolute Gasteiger partial charge is 0.351 e. The number of piperazine rings is 1. The Morgan fingerprint density at radius 1 is 1.10 bits per heavy atom. The van der Waals surface area contributed by atoms with Gasteiger partial charge in [-0.05, 0) is 18.9 Å². The van der Waals surface area contributed by atoms with E-state index in [1.165, 1.54) is 6.33 Å². The minimum atomic E-state index is -4.84. The van der Waals surface area contributed by atoms with Gasteiger partial charge in [0.25, 0.3) is 0 Å². The highest BCUT2D eigenvalue weighted by atomic mass is 19.4. The van der Waals surface area contributed by atoms with Gasteiger partial charge in [-0.3, -0.25) is 9.48 Å². The maximum atomic E-state index is 13.0. The molecule has 3 aromatic rings. The molecule has 2 aliphatic heterocycles. The third kappa shape index (κ3) is 2.91. The number of aryl methyl sites for hydroxylation is 1. The third-order valence-electron chi connectivity index (χ3n) is 5.68. The molecule has 5 heterocycles. The molecule has 29 heavy (non-hydrogen) atoms. The van der Waals surface area contributed by atoms with Gasteiger partial charge in [-0.25, -0.2) is 9.50 Å². The van der Waals surface area contributed by atoms with Crippen LogP contribution in [0.2, 0.25) is 0 Å². The highest BCUT2D eigenvalue weighted by Gasteiger charge is 2.52. The Labute approximate surface area is 163 Å². The molecule has 0 aliphatic carbocycles. The van der Waals surface area contributed by atoms with Crippen molar-refractivity contribution in [2.45, 2.75) is 31.1 Å². The van der Waals surface area contributed by atoms with Crippen LogP contribution in [0.25, 0.3) is 16.6 Å². The molecule has 2 fully saturated rings. The van der Waals surface area contributed by atoms with Gasteiger partial charge in [-0.1, -0.05) is 0 Å². The van der Waals surface area contributed by atoms with E-state index in [-0.39, 0.29) is 0 Å². The molecule has 2 bridgehead atoms. The molecule has 0 saturated carbocycles. The lowest BCUT2D eigenvalue weighted by atomic mass is 10.1. The van der Waals surface area contributed by atoms with E-state index in [0.717, 1.165) is 21.5 Å². The van der Waals surface area contributed by atoms with Crippen molar-refractivity contribution >= 4 is 17.2 Å². The Kier molecular flexibility index (Phi) is 3.83. The van der Waals surface area contributed by atoms with Crippen LogP contribution in [0.4, 0.5) is 19.0 Å². The van der Waals surface area contributed by atoms with Gasteiger partial charge in [-0.15, -0.1) is 0 Å². The molecule has 1 amide bonds. The molecule has 11 heteroatoms. The molecule has 5 rings (SSSR count). The first-order valence-corrected chi connectivity index (χ1v) is 9.28. The number of fused-ring (bicyclic) bond motifs is 3. The van der Waals surface area contributed by atoms with E-state index in [2.05, 4.69) is 15.2 Å². The summed E-state index contributed by atoms with van der Waals surface area (Å²) in [6, 6.07) is 1.01. The van der Waals surface area contributed by atoms with Crippen LogP contribution in [0.3, 0.4) is 0 Å². The number of hydrogen-bond donors (Lipinski definition) is 0. The highest BCUT2D eigenvalue weighted by molar-refractivity contribution is 5.83. The zero-order valence-electron chi connectivity index (χ0n) is 15.5. The summed E-state index contributed by atoms with van der Waals surface area (Å²) in [5.74, 6) is -1.08. The van der Waals surface area contributed by atoms with Crippen molar-refractivity contribution in [1.29, 1.82) is 0 Å². The summed E-state index contributed by atoms with van der Waals surface area (Å²) in [5.41, 5.74) is 2.62. The van der Waals surface area contributed by atoms with Crippen molar-refractivity contribution in [3.8, 4) is 11.1 Å². The first-order valence-electron chi connectivity index (χ1n) is 9.28. The Hall–Kier alpha value is -3.11. The Morgan fingerprint density at radius 2 is 1.83 bits per heavy atom. The largest absolute Gasteiger partial charge is 0.471 e. The highest BCUT2D eigenvalue weighted by Crippen LogP contribution is 2.36. The fraction of sp³-hybridized carbons (Fsp3) is 0.444. The minimum absolute atomic E-state index is 0.318. The normalized spacial score (nSPS) is 21.9. The Morgan fingerprint density at radius 3 is 2.45 bits per heavy atom. The van der Waals surface area contributed by atoms with Crippen LogP contribution in [0.15, 0.2) is 31.0 Å². The van der Waals surface area contributed by atoms with Crippen LogP contribution >= 0.6 is 0 Å². The molecule has 152 valence electrons. The van der Waals surface area contributed by atoms with Gasteiger partial charge >= 0.3 is 12.1 Å². The SMILES string of the molecule is Cn1cc(-c2cc3c(N4CC5CCC(C4)N5C(=O)C(F)(F)F)ncnn3c2)cn1. The van der Waals surface area contributed by atoms with E-state index in [4.69, 9.17) is 0 Å².